The third-order valence-corrected chi connectivity index (χ3v) is 2.39. The van der Waals surface area contributed by atoms with Gasteiger partial charge in [0.1, 0.15) is 0 Å². The second-order valence-electron chi connectivity index (χ2n) is 4.50. The van der Waals surface area contributed by atoms with Gasteiger partial charge in [-0.3, -0.25) is 15.4 Å². The maximum Gasteiger partial charge on any atom is 0.406 e. The number of amides is 1. The van der Waals surface area contributed by atoms with Crippen LogP contribution in [0.25, 0.3) is 0 Å². The largest absolute Gasteiger partial charge is 0.465 e. The number of rotatable bonds is 8. The van der Waals surface area contributed by atoms with E-state index in [1.165, 1.54) is 0 Å². The van der Waals surface area contributed by atoms with Gasteiger partial charge in [0.25, 0.3) is 0 Å². The molecule has 0 aliphatic carbocycles. The van der Waals surface area contributed by atoms with Crippen LogP contribution < -0.4 is 10.6 Å². The SMILES string of the molecule is CCC[C@H](O)[C@](C=O)(NCC(C)C)NC(=O)O. The zero-order valence-electron chi connectivity index (χ0n) is 10.6. The first-order chi connectivity index (χ1) is 7.88. The van der Waals surface area contributed by atoms with E-state index >= 15 is 0 Å². The van der Waals surface area contributed by atoms with Crippen LogP contribution in [0.2, 0.25) is 0 Å². The van der Waals surface area contributed by atoms with Crippen molar-refractivity contribution in [3.05, 3.63) is 0 Å². The molecule has 0 heterocycles. The van der Waals surface area contributed by atoms with E-state index in [4.69, 9.17) is 5.11 Å². The van der Waals surface area contributed by atoms with E-state index in [1.807, 2.05) is 20.8 Å². The summed E-state index contributed by atoms with van der Waals surface area (Å²) >= 11 is 0. The van der Waals surface area contributed by atoms with Crippen LogP contribution in [0.3, 0.4) is 0 Å². The van der Waals surface area contributed by atoms with E-state index in [1.54, 1.807) is 0 Å². The third kappa shape index (κ3) is 5.14. The molecule has 6 heteroatoms. The van der Waals surface area contributed by atoms with Crippen molar-refractivity contribution in [3.8, 4) is 0 Å². The molecule has 0 saturated heterocycles. The average molecular weight is 246 g/mol. The van der Waals surface area contributed by atoms with Gasteiger partial charge in [0.2, 0.25) is 0 Å². The van der Waals surface area contributed by atoms with Crippen LogP contribution in [0.4, 0.5) is 4.79 Å². The highest BCUT2D eigenvalue weighted by Gasteiger charge is 2.38. The quantitative estimate of drug-likeness (QED) is 0.370. The Morgan fingerprint density at radius 1 is 1.47 bits per heavy atom. The molecular weight excluding hydrogens is 224 g/mol. The zero-order valence-corrected chi connectivity index (χ0v) is 10.6. The maximum atomic E-state index is 11.1. The summed E-state index contributed by atoms with van der Waals surface area (Å²) in [7, 11) is 0. The lowest BCUT2D eigenvalue weighted by Crippen LogP contribution is -2.67. The molecule has 0 aromatic rings. The molecule has 0 rings (SSSR count). The topological polar surface area (TPSA) is 98.7 Å². The Hall–Kier alpha value is -1.14. The fraction of sp³-hybridized carbons (Fsp3) is 0.818. The molecular formula is C11H22N2O4. The van der Waals surface area contributed by atoms with Gasteiger partial charge in [-0.15, -0.1) is 0 Å². The van der Waals surface area contributed by atoms with E-state index in [0.29, 0.717) is 25.7 Å². The molecule has 0 unspecified atom stereocenters. The summed E-state index contributed by atoms with van der Waals surface area (Å²) in [4.78, 5) is 21.8. The van der Waals surface area contributed by atoms with Gasteiger partial charge in [0.05, 0.1) is 6.10 Å². The smallest absolute Gasteiger partial charge is 0.406 e. The molecule has 100 valence electrons. The lowest BCUT2D eigenvalue weighted by atomic mass is 9.99. The van der Waals surface area contributed by atoms with Gasteiger partial charge < -0.3 is 10.2 Å². The molecule has 0 spiro atoms. The van der Waals surface area contributed by atoms with Gasteiger partial charge in [-0.05, 0) is 12.3 Å². The highest BCUT2D eigenvalue weighted by molar-refractivity contribution is 5.75. The first-order valence-corrected chi connectivity index (χ1v) is 5.78. The Balaban J connectivity index is 4.85. The van der Waals surface area contributed by atoms with Crippen LogP contribution in [0.1, 0.15) is 33.6 Å². The fourth-order valence-electron chi connectivity index (χ4n) is 1.45. The number of hydrogen-bond acceptors (Lipinski definition) is 4. The normalized spacial score (nSPS) is 16.3. The van der Waals surface area contributed by atoms with Crippen LogP contribution in [0.5, 0.6) is 0 Å². The highest BCUT2D eigenvalue weighted by Crippen LogP contribution is 2.11. The Bertz CT molecular complexity index is 258. The van der Waals surface area contributed by atoms with Crippen molar-refractivity contribution in [2.75, 3.05) is 6.54 Å². The van der Waals surface area contributed by atoms with Gasteiger partial charge in [-0.1, -0.05) is 27.2 Å². The molecule has 0 saturated carbocycles. The van der Waals surface area contributed by atoms with Crippen molar-refractivity contribution < 1.29 is 19.8 Å². The standard InChI is InChI=1S/C11H22N2O4/c1-4-5-9(15)11(7-14,13-10(16)17)12-6-8(2)3/h7-9,12-13,15H,4-6H2,1-3H3,(H,16,17)/t9-,11+/m0/s1. The van der Waals surface area contributed by atoms with Crippen molar-refractivity contribution in [3.63, 3.8) is 0 Å². The first kappa shape index (κ1) is 15.9. The fourth-order valence-corrected chi connectivity index (χ4v) is 1.45. The molecule has 2 atom stereocenters. The molecule has 0 fully saturated rings. The number of nitrogens with one attached hydrogen (secondary N) is 2. The number of aliphatic hydroxyl groups excluding tert-OH is 1. The van der Waals surface area contributed by atoms with E-state index in [2.05, 4.69) is 10.6 Å². The molecule has 0 radical (unpaired) electrons. The van der Waals surface area contributed by atoms with Gasteiger partial charge in [-0.2, -0.15) is 0 Å². The predicted octanol–water partition coefficient (Wildman–Crippen LogP) is 0.556. The number of carbonyl (C=O) groups excluding carboxylic acids is 1. The van der Waals surface area contributed by atoms with Crippen molar-refractivity contribution in [2.45, 2.75) is 45.4 Å². The van der Waals surface area contributed by atoms with E-state index in [0.717, 1.165) is 0 Å². The monoisotopic (exact) mass is 246 g/mol. The average Bonchev–Trinajstić information content (AvgIpc) is 2.23. The van der Waals surface area contributed by atoms with E-state index in [9.17, 15) is 14.7 Å². The molecule has 4 N–H and O–H groups in total. The molecule has 6 nitrogen and oxygen atoms in total. The lowest BCUT2D eigenvalue weighted by molar-refractivity contribution is -0.120. The molecule has 1 amide bonds. The number of hydrogen-bond donors (Lipinski definition) is 4. The van der Waals surface area contributed by atoms with Gasteiger partial charge in [-0.25, -0.2) is 4.79 Å². The minimum atomic E-state index is -1.62. The number of aldehydes is 1. The minimum absolute atomic E-state index is 0.235. The van der Waals surface area contributed by atoms with Crippen LogP contribution in [0.15, 0.2) is 0 Å². The molecule has 0 bridgehead atoms. The third-order valence-electron chi connectivity index (χ3n) is 2.39. The summed E-state index contributed by atoms with van der Waals surface area (Å²) in [5.41, 5.74) is -1.62. The Labute approximate surface area is 101 Å². The van der Waals surface area contributed by atoms with Crippen LogP contribution in [-0.4, -0.2) is 40.9 Å². The summed E-state index contributed by atoms with van der Waals surface area (Å²) < 4.78 is 0. The van der Waals surface area contributed by atoms with Gasteiger partial charge in [0, 0.05) is 6.54 Å². The molecule has 0 aliphatic rings. The first-order valence-electron chi connectivity index (χ1n) is 5.78. The van der Waals surface area contributed by atoms with E-state index < -0.39 is 17.9 Å². The molecule has 0 aliphatic heterocycles. The molecule has 17 heavy (non-hydrogen) atoms. The number of aliphatic hydroxyl groups is 1. The van der Waals surface area contributed by atoms with Crippen molar-refractivity contribution >= 4 is 12.4 Å². The predicted molar refractivity (Wildman–Crippen MR) is 63.7 cm³/mol. The number of carbonyl (C=O) groups is 2. The Morgan fingerprint density at radius 3 is 2.41 bits per heavy atom. The summed E-state index contributed by atoms with van der Waals surface area (Å²) in [6, 6.07) is 0. The second-order valence-corrected chi connectivity index (χ2v) is 4.50. The maximum absolute atomic E-state index is 11.1. The summed E-state index contributed by atoms with van der Waals surface area (Å²) in [6.07, 6.45) is -1.02. The Kier molecular flexibility index (Phi) is 6.75. The van der Waals surface area contributed by atoms with Gasteiger partial charge in [0.15, 0.2) is 11.9 Å². The summed E-state index contributed by atoms with van der Waals surface area (Å²) in [5, 5.41) is 23.5. The zero-order chi connectivity index (χ0) is 13.5. The van der Waals surface area contributed by atoms with E-state index in [-0.39, 0.29) is 5.92 Å². The minimum Gasteiger partial charge on any atom is -0.465 e. The van der Waals surface area contributed by atoms with Crippen molar-refractivity contribution in [1.29, 1.82) is 0 Å². The second kappa shape index (κ2) is 7.24. The number of carboxylic acid groups (broad SMARTS) is 1. The van der Waals surface area contributed by atoms with Crippen molar-refractivity contribution in [2.24, 2.45) is 5.92 Å². The highest BCUT2D eigenvalue weighted by atomic mass is 16.4. The Morgan fingerprint density at radius 2 is 2.06 bits per heavy atom. The summed E-state index contributed by atoms with van der Waals surface area (Å²) in [5.74, 6) is 0.235. The van der Waals surface area contributed by atoms with Gasteiger partial charge >= 0.3 is 6.09 Å². The van der Waals surface area contributed by atoms with Crippen LogP contribution >= 0.6 is 0 Å². The lowest BCUT2D eigenvalue weighted by Gasteiger charge is -2.34. The summed E-state index contributed by atoms with van der Waals surface area (Å²) in [6.45, 7) is 6.13. The van der Waals surface area contributed by atoms with Crippen molar-refractivity contribution in [1.82, 2.24) is 10.6 Å². The van der Waals surface area contributed by atoms with Crippen LogP contribution in [0, 0.1) is 5.92 Å². The van der Waals surface area contributed by atoms with Crippen LogP contribution in [-0.2, 0) is 4.79 Å². The molecule has 0 aromatic carbocycles. The molecule has 0 aromatic heterocycles.